The molecule has 0 saturated carbocycles. The van der Waals surface area contributed by atoms with Gasteiger partial charge in [-0.3, -0.25) is 14.7 Å². The molecule has 11 nitrogen and oxygen atoms in total. The Balaban J connectivity index is 1.53. The predicted octanol–water partition coefficient (Wildman–Crippen LogP) is 4.37. The van der Waals surface area contributed by atoms with Gasteiger partial charge < -0.3 is 14.2 Å². The molecular formula is C30H31F2N5O6S. The van der Waals surface area contributed by atoms with Crippen molar-refractivity contribution >= 4 is 38.5 Å². The molecule has 2 aromatic carbocycles. The summed E-state index contributed by atoms with van der Waals surface area (Å²) in [5.74, 6) is -5.34. The number of methoxy groups -OCH3 is 2. The fourth-order valence-corrected chi connectivity index (χ4v) is 7.12. The van der Waals surface area contributed by atoms with E-state index in [2.05, 4.69) is 4.98 Å². The largest absolute Gasteiger partial charge is 0.493 e. The quantitative estimate of drug-likeness (QED) is 0.282. The second-order valence-electron chi connectivity index (χ2n) is 10.1. The fraction of sp³-hybridized carbons (Fsp3) is 0.333. The molecular weight excluding hydrogens is 596 g/mol. The highest BCUT2D eigenvalue weighted by Gasteiger charge is 2.38. The van der Waals surface area contributed by atoms with Gasteiger partial charge in [0.1, 0.15) is 5.69 Å². The van der Waals surface area contributed by atoms with E-state index in [1.54, 1.807) is 31.2 Å². The van der Waals surface area contributed by atoms with Crippen molar-refractivity contribution in [3.05, 3.63) is 71.6 Å². The SMILES string of the molecule is [2H]C([2H])([2H])Oc1cc(OC([2H])([2H])[2H])c(F)c(N2Cc3cnc4c(cc(CN5CCOCC5)n4S(=O)(=O)c4ccccc4)c3N(CC)C2=O)c1F. The number of pyridine rings is 1. The number of benzene rings is 2. The topological polar surface area (TPSA) is 106 Å². The van der Waals surface area contributed by atoms with E-state index < -0.39 is 65.5 Å². The van der Waals surface area contributed by atoms with Crippen LogP contribution < -0.4 is 19.3 Å². The molecule has 4 heterocycles. The molecule has 0 unspecified atom stereocenters. The zero-order valence-electron chi connectivity index (χ0n) is 29.4. The number of halogens is 2. The van der Waals surface area contributed by atoms with E-state index in [0.29, 0.717) is 43.0 Å². The van der Waals surface area contributed by atoms with Crippen LogP contribution in [0.4, 0.5) is 25.0 Å². The Kier molecular flexibility index (Phi) is 6.14. The number of fused-ring (bicyclic) bond motifs is 3. The number of carbonyl (C=O) groups is 1. The Morgan fingerprint density at radius 3 is 2.34 bits per heavy atom. The first-order valence-electron chi connectivity index (χ1n) is 16.6. The van der Waals surface area contributed by atoms with Crippen molar-refractivity contribution < 1.29 is 44.4 Å². The number of rotatable bonds is 8. The van der Waals surface area contributed by atoms with Crippen LogP contribution in [0.5, 0.6) is 11.5 Å². The maximum absolute atomic E-state index is 15.9. The van der Waals surface area contributed by atoms with Crippen molar-refractivity contribution in [1.82, 2.24) is 13.9 Å². The van der Waals surface area contributed by atoms with Crippen LogP contribution in [0.25, 0.3) is 11.0 Å². The number of carbonyl (C=O) groups excluding carboxylic acids is 1. The molecule has 0 N–H and O–H groups in total. The summed E-state index contributed by atoms with van der Waals surface area (Å²) in [5.41, 5.74) is -0.230. The second-order valence-corrected chi connectivity index (χ2v) is 11.9. The van der Waals surface area contributed by atoms with E-state index in [4.69, 9.17) is 22.4 Å². The van der Waals surface area contributed by atoms with Gasteiger partial charge in [0.2, 0.25) is 0 Å². The summed E-state index contributed by atoms with van der Waals surface area (Å²) in [5, 5.41) is 0.284. The number of urea groups is 1. The van der Waals surface area contributed by atoms with Gasteiger partial charge in [-0.05, 0) is 25.1 Å². The Bertz CT molecular complexity index is 2020. The summed E-state index contributed by atoms with van der Waals surface area (Å²) in [7, 11) is -10.7. The number of ether oxygens (including phenoxy) is 3. The van der Waals surface area contributed by atoms with Crippen LogP contribution in [-0.2, 0) is 27.8 Å². The lowest BCUT2D eigenvalue weighted by Crippen LogP contribution is -2.48. The van der Waals surface area contributed by atoms with Crippen LogP contribution in [0.2, 0.25) is 0 Å². The summed E-state index contributed by atoms with van der Waals surface area (Å²) in [4.78, 5) is 22.5. The molecule has 0 radical (unpaired) electrons. The number of anilines is 2. The number of aromatic nitrogens is 2. The highest BCUT2D eigenvalue weighted by Crippen LogP contribution is 2.43. The zero-order chi connectivity index (χ0) is 36.2. The lowest BCUT2D eigenvalue weighted by molar-refractivity contribution is 0.0336. The summed E-state index contributed by atoms with van der Waals surface area (Å²) < 4.78 is 121. The molecule has 1 saturated heterocycles. The molecule has 2 aliphatic rings. The van der Waals surface area contributed by atoms with Crippen LogP contribution in [0.15, 0.2) is 53.6 Å². The van der Waals surface area contributed by atoms with Crippen LogP contribution >= 0.6 is 0 Å². The molecule has 6 rings (SSSR count). The second kappa shape index (κ2) is 11.7. The van der Waals surface area contributed by atoms with Gasteiger partial charge in [-0.1, -0.05) is 18.2 Å². The first-order chi connectivity index (χ1) is 23.5. The number of morpholine rings is 1. The van der Waals surface area contributed by atoms with E-state index in [-0.39, 0.29) is 40.3 Å². The van der Waals surface area contributed by atoms with E-state index in [0.717, 1.165) is 3.97 Å². The van der Waals surface area contributed by atoms with E-state index in [1.807, 2.05) is 4.90 Å². The average molecular weight is 634 g/mol. The third kappa shape index (κ3) is 4.82. The molecule has 0 atom stereocenters. The van der Waals surface area contributed by atoms with E-state index in [9.17, 15) is 13.2 Å². The Labute approximate surface area is 261 Å². The molecule has 1 fully saturated rings. The van der Waals surface area contributed by atoms with Crippen molar-refractivity contribution in [2.75, 3.05) is 56.7 Å². The van der Waals surface area contributed by atoms with E-state index in [1.165, 1.54) is 23.2 Å². The van der Waals surface area contributed by atoms with Gasteiger partial charge in [0, 0.05) is 49.4 Å². The summed E-state index contributed by atoms with van der Waals surface area (Å²) in [6.07, 6.45) is 1.29. The minimum Gasteiger partial charge on any atom is -0.493 e. The minimum absolute atomic E-state index is 0.00929. The first kappa shape index (κ1) is 23.2. The van der Waals surface area contributed by atoms with Gasteiger partial charge in [-0.15, -0.1) is 0 Å². The zero-order valence-corrected chi connectivity index (χ0v) is 24.2. The predicted molar refractivity (Wildman–Crippen MR) is 159 cm³/mol. The lowest BCUT2D eigenvalue weighted by Gasteiger charge is -2.37. The molecule has 4 aromatic rings. The smallest absolute Gasteiger partial charge is 0.329 e. The molecule has 0 aliphatic carbocycles. The van der Waals surface area contributed by atoms with Gasteiger partial charge in [0.25, 0.3) is 10.0 Å². The van der Waals surface area contributed by atoms with Gasteiger partial charge in [0.05, 0.1) is 58.3 Å². The van der Waals surface area contributed by atoms with Crippen LogP contribution in [-0.4, -0.2) is 75.2 Å². The maximum Gasteiger partial charge on any atom is 0.329 e. The van der Waals surface area contributed by atoms with Crippen LogP contribution in [0.3, 0.4) is 0 Å². The summed E-state index contributed by atoms with van der Waals surface area (Å²) in [6, 6.07) is 8.86. The van der Waals surface area contributed by atoms with Gasteiger partial charge in [-0.25, -0.2) is 30.9 Å². The molecule has 14 heteroatoms. The van der Waals surface area contributed by atoms with Crippen LogP contribution in [0, 0.1) is 11.6 Å². The molecule has 2 aromatic heterocycles. The van der Waals surface area contributed by atoms with Crippen molar-refractivity contribution in [3.63, 3.8) is 0 Å². The molecule has 2 aliphatic heterocycles. The Morgan fingerprint density at radius 1 is 1.02 bits per heavy atom. The third-order valence-corrected chi connectivity index (χ3v) is 9.41. The van der Waals surface area contributed by atoms with E-state index >= 15 is 8.78 Å². The standard InChI is InChI=1S/C30H31F2N5O6S/c1-4-35-27-19(17-36(30(35)38)28-25(31)23(41-2)15-24(42-3)26(28)32)16-33-29-22(27)14-20(18-34-10-12-43-13-11-34)37(29)44(39,40)21-8-6-5-7-9-21/h5-9,14-16H,4,10-13,17-18H2,1-3H3/i2D3,3D3. The van der Waals surface area contributed by atoms with Crippen molar-refractivity contribution in [3.8, 4) is 11.5 Å². The highest BCUT2D eigenvalue weighted by atomic mass is 32.2. The van der Waals surface area contributed by atoms with Crippen molar-refractivity contribution in [1.29, 1.82) is 0 Å². The minimum atomic E-state index is -4.21. The van der Waals surface area contributed by atoms with Crippen LogP contribution in [0.1, 0.15) is 26.4 Å². The highest BCUT2D eigenvalue weighted by molar-refractivity contribution is 7.90. The monoisotopic (exact) mass is 633 g/mol. The average Bonchev–Trinajstić information content (AvgIpc) is 3.42. The molecule has 0 spiro atoms. The van der Waals surface area contributed by atoms with Gasteiger partial charge >= 0.3 is 6.03 Å². The maximum atomic E-state index is 15.9. The fourth-order valence-electron chi connectivity index (χ4n) is 5.61. The molecule has 0 bridgehead atoms. The number of nitrogens with zero attached hydrogens (tertiary/aromatic N) is 5. The Morgan fingerprint density at radius 2 is 1.70 bits per heavy atom. The van der Waals surface area contributed by atoms with Crippen molar-refractivity contribution in [2.24, 2.45) is 0 Å². The number of amides is 2. The molecule has 232 valence electrons. The molecule has 44 heavy (non-hydrogen) atoms. The number of hydrogen-bond donors (Lipinski definition) is 0. The molecule has 2 amide bonds. The van der Waals surface area contributed by atoms with Gasteiger partial charge in [-0.2, -0.15) is 0 Å². The third-order valence-electron chi connectivity index (χ3n) is 7.65. The summed E-state index contributed by atoms with van der Waals surface area (Å²) in [6.45, 7) is 3.20. The van der Waals surface area contributed by atoms with Crippen molar-refractivity contribution in [2.45, 2.75) is 24.9 Å². The summed E-state index contributed by atoms with van der Waals surface area (Å²) >= 11 is 0. The van der Waals surface area contributed by atoms with Gasteiger partial charge in [0.15, 0.2) is 28.8 Å². The number of hydrogen-bond acceptors (Lipinski definition) is 8. The normalized spacial score (nSPS) is 18.6. The Hall–Kier alpha value is -4.27. The first-order valence-corrected chi connectivity index (χ1v) is 15.1. The lowest BCUT2D eigenvalue weighted by atomic mass is 10.1.